The zero-order chi connectivity index (χ0) is 35.3. The van der Waals surface area contributed by atoms with Crippen LogP contribution < -0.4 is 0 Å². The summed E-state index contributed by atoms with van der Waals surface area (Å²) in [7, 11) is 0. The number of aryl methyl sites for hydroxylation is 1. The van der Waals surface area contributed by atoms with Gasteiger partial charge in [0.2, 0.25) is 0 Å². The largest absolute Gasteiger partial charge is 0.0839 e. The van der Waals surface area contributed by atoms with E-state index in [-0.39, 0.29) is 5.41 Å². The van der Waals surface area contributed by atoms with Crippen molar-refractivity contribution in [2.75, 3.05) is 0 Å². The van der Waals surface area contributed by atoms with Crippen LogP contribution >= 0.6 is 0 Å². The minimum absolute atomic E-state index is 0.117. The number of hydrogen-bond donors (Lipinski definition) is 0. The Balaban J connectivity index is 0.985. The molecule has 254 valence electrons. The molecule has 11 rings (SSSR count). The molecule has 0 fully saturated rings. The normalized spacial score (nSPS) is 17.0. The molecule has 0 aromatic heterocycles. The number of benzene rings is 7. The van der Waals surface area contributed by atoms with Gasteiger partial charge in [-0.1, -0.05) is 141 Å². The highest BCUT2D eigenvalue weighted by atomic mass is 14.4. The highest BCUT2D eigenvalue weighted by molar-refractivity contribution is 6.27. The maximum absolute atomic E-state index is 2.49. The topological polar surface area (TPSA) is 0 Å². The fourth-order valence-corrected chi connectivity index (χ4v) is 10.3. The number of hydrogen-bond acceptors (Lipinski definition) is 0. The summed E-state index contributed by atoms with van der Waals surface area (Å²) >= 11 is 0. The Hall–Kier alpha value is -5.72. The molecule has 7 aromatic rings. The van der Waals surface area contributed by atoms with Gasteiger partial charge in [-0.2, -0.15) is 0 Å². The lowest BCUT2D eigenvalue weighted by Crippen LogP contribution is -2.15. The van der Waals surface area contributed by atoms with Gasteiger partial charge in [0.25, 0.3) is 0 Å². The third-order valence-electron chi connectivity index (χ3n) is 12.9. The van der Waals surface area contributed by atoms with Crippen molar-refractivity contribution in [1.29, 1.82) is 0 Å². The predicted octanol–water partition coefficient (Wildman–Crippen LogP) is 14.4. The molecule has 4 aliphatic rings. The van der Waals surface area contributed by atoms with Gasteiger partial charge >= 0.3 is 0 Å². The van der Waals surface area contributed by atoms with Gasteiger partial charge in [0, 0.05) is 5.41 Å². The zero-order valence-electron chi connectivity index (χ0n) is 30.6. The van der Waals surface area contributed by atoms with E-state index < -0.39 is 0 Å². The smallest absolute Gasteiger partial charge is 0.0165 e. The highest BCUT2D eigenvalue weighted by Gasteiger charge is 2.38. The summed E-state index contributed by atoms with van der Waals surface area (Å²) < 4.78 is 0. The summed E-state index contributed by atoms with van der Waals surface area (Å²) in [6, 6.07) is 46.5. The van der Waals surface area contributed by atoms with Crippen LogP contribution in [0.5, 0.6) is 0 Å². The first-order valence-electron chi connectivity index (χ1n) is 19.6. The highest BCUT2D eigenvalue weighted by Crippen LogP contribution is 2.54. The van der Waals surface area contributed by atoms with E-state index in [9.17, 15) is 0 Å². The molecule has 0 bridgehead atoms. The van der Waals surface area contributed by atoms with Crippen LogP contribution in [0.4, 0.5) is 0 Å². The van der Waals surface area contributed by atoms with Crippen molar-refractivity contribution in [2.24, 2.45) is 0 Å². The lowest BCUT2D eigenvalue weighted by atomic mass is 9.78. The molecular formula is C53H42. The van der Waals surface area contributed by atoms with Crippen LogP contribution in [0.1, 0.15) is 79.3 Å². The SMILES string of the molecule is CC1(C)c2ccc(-c3cccc(C4=CC(c5ccc6c(c5)C5=C(C=CCC5)CC6)=CCC4)c3)cc2-c2ccc3c4ccccc4c4ccccc4c3c21. The van der Waals surface area contributed by atoms with Gasteiger partial charge in [0.05, 0.1) is 0 Å². The summed E-state index contributed by atoms with van der Waals surface area (Å²) in [5.41, 5.74) is 19.7. The standard InChI is InChI=1S/C53H42/c1-53(2)50-28-25-40(32-49(50)47-27-26-46-44-19-6-5-17-42(44)43-18-7-8-20-45(43)51(46)52(47)53)38-15-10-13-36(30-38)35-12-9-14-37(29-35)39-24-23-34-22-21-33-11-3-4-16-41(33)48(34)31-39/h3,5-8,10-11,13-15,17-20,23-32H,4,9,12,16,21-22H2,1-2H3. The van der Waals surface area contributed by atoms with Crippen LogP contribution in [0.15, 0.2) is 151 Å². The lowest BCUT2D eigenvalue weighted by Gasteiger charge is -2.25. The fourth-order valence-electron chi connectivity index (χ4n) is 10.3. The average molecular weight is 679 g/mol. The summed E-state index contributed by atoms with van der Waals surface area (Å²) in [5.74, 6) is 0. The Morgan fingerprint density at radius 1 is 0.509 bits per heavy atom. The van der Waals surface area contributed by atoms with Crippen LogP contribution in [0.2, 0.25) is 0 Å². The van der Waals surface area contributed by atoms with E-state index in [0.29, 0.717) is 0 Å². The van der Waals surface area contributed by atoms with Crippen molar-refractivity contribution in [1.82, 2.24) is 0 Å². The van der Waals surface area contributed by atoms with Gasteiger partial charge < -0.3 is 0 Å². The summed E-state index contributed by atoms with van der Waals surface area (Å²) in [5, 5.41) is 8.11. The molecule has 0 saturated carbocycles. The van der Waals surface area contributed by atoms with Crippen molar-refractivity contribution < 1.29 is 0 Å². The average Bonchev–Trinajstić information content (AvgIpc) is 3.46. The van der Waals surface area contributed by atoms with Crippen LogP contribution in [-0.2, 0) is 11.8 Å². The summed E-state index contributed by atoms with van der Waals surface area (Å²) in [4.78, 5) is 0. The fraction of sp³-hybridized carbons (Fsp3) is 0.170. The first kappa shape index (κ1) is 30.9. The Kier molecular flexibility index (Phi) is 6.78. The molecule has 0 saturated heterocycles. The molecule has 0 spiro atoms. The monoisotopic (exact) mass is 678 g/mol. The molecule has 4 aliphatic carbocycles. The Morgan fingerprint density at radius 3 is 2.08 bits per heavy atom. The molecule has 0 atom stereocenters. The van der Waals surface area contributed by atoms with Crippen LogP contribution in [-0.4, -0.2) is 0 Å². The molecular weight excluding hydrogens is 637 g/mol. The molecule has 0 N–H and O–H groups in total. The number of rotatable bonds is 3. The molecule has 0 nitrogen and oxygen atoms in total. The van der Waals surface area contributed by atoms with Crippen molar-refractivity contribution >= 4 is 49.0 Å². The predicted molar refractivity (Wildman–Crippen MR) is 227 cm³/mol. The van der Waals surface area contributed by atoms with Crippen molar-refractivity contribution in [3.05, 3.63) is 185 Å². The molecule has 0 radical (unpaired) electrons. The van der Waals surface area contributed by atoms with Crippen LogP contribution in [0, 0.1) is 0 Å². The molecule has 0 heteroatoms. The van der Waals surface area contributed by atoms with Gasteiger partial charge in [-0.25, -0.2) is 0 Å². The summed E-state index contributed by atoms with van der Waals surface area (Å²) in [6.45, 7) is 4.85. The van der Waals surface area contributed by atoms with E-state index in [4.69, 9.17) is 0 Å². The maximum atomic E-state index is 2.49. The van der Waals surface area contributed by atoms with Crippen molar-refractivity contribution in [3.63, 3.8) is 0 Å². The Bertz CT molecular complexity index is 2810. The molecule has 53 heavy (non-hydrogen) atoms. The second-order valence-electron chi connectivity index (χ2n) is 16.2. The molecule has 7 aromatic carbocycles. The molecule has 0 aliphatic heterocycles. The minimum Gasteiger partial charge on any atom is -0.0839 e. The Morgan fingerprint density at radius 2 is 1.23 bits per heavy atom. The second-order valence-corrected chi connectivity index (χ2v) is 16.2. The Labute approximate surface area is 312 Å². The van der Waals surface area contributed by atoms with E-state index in [1.54, 1.807) is 11.1 Å². The van der Waals surface area contributed by atoms with Gasteiger partial charge in [-0.3, -0.25) is 0 Å². The van der Waals surface area contributed by atoms with Crippen LogP contribution in [0.25, 0.3) is 71.3 Å². The van der Waals surface area contributed by atoms with E-state index in [1.165, 1.54) is 112 Å². The van der Waals surface area contributed by atoms with Crippen molar-refractivity contribution in [3.8, 4) is 22.3 Å². The third-order valence-corrected chi connectivity index (χ3v) is 12.9. The minimum atomic E-state index is -0.117. The first-order chi connectivity index (χ1) is 26.0. The maximum Gasteiger partial charge on any atom is 0.0165 e. The molecule has 0 amide bonds. The van der Waals surface area contributed by atoms with E-state index in [1.807, 2.05) is 0 Å². The molecule has 0 heterocycles. The van der Waals surface area contributed by atoms with Gasteiger partial charge in [-0.05, 0) is 167 Å². The first-order valence-corrected chi connectivity index (χ1v) is 19.6. The van der Waals surface area contributed by atoms with E-state index in [2.05, 4.69) is 159 Å². The van der Waals surface area contributed by atoms with Gasteiger partial charge in [0.1, 0.15) is 0 Å². The second kappa shape index (κ2) is 11.6. The summed E-state index contributed by atoms with van der Waals surface area (Å²) in [6.07, 6.45) is 16.5. The lowest BCUT2D eigenvalue weighted by molar-refractivity contribution is 0.667. The quantitative estimate of drug-likeness (QED) is 0.163. The molecule has 0 unspecified atom stereocenters. The van der Waals surface area contributed by atoms with Gasteiger partial charge in [-0.15, -0.1) is 0 Å². The zero-order valence-corrected chi connectivity index (χ0v) is 30.6. The van der Waals surface area contributed by atoms with Crippen molar-refractivity contribution in [2.45, 2.75) is 57.8 Å². The number of fused-ring (bicyclic) bond motifs is 12. The third kappa shape index (κ3) is 4.68. The van der Waals surface area contributed by atoms with E-state index >= 15 is 0 Å². The van der Waals surface area contributed by atoms with E-state index in [0.717, 1.165) is 25.7 Å². The number of allylic oxidation sites excluding steroid dienone is 8. The van der Waals surface area contributed by atoms with Crippen LogP contribution in [0.3, 0.4) is 0 Å². The van der Waals surface area contributed by atoms with Gasteiger partial charge in [0.15, 0.2) is 0 Å².